The zero-order valence-electron chi connectivity index (χ0n) is 15.9. The van der Waals surface area contributed by atoms with E-state index in [0.29, 0.717) is 12.1 Å². The molecule has 1 aromatic heterocycles. The third-order valence-electron chi connectivity index (χ3n) is 4.49. The van der Waals surface area contributed by atoms with Crippen molar-refractivity contribution in [1.82, 2.24) is 5.32 Å². The Morgan fingerprint density at radius 2 is 1.82 bits per heavy atom. The summed E-state index contributed by atoms with van der Waals surface area (Å²) in [4.78, 5) is 14.9. The van der Waals surface area contributed by atoms with Crippen LogP contribution in [0.3, 0.4) is 0 Å². The Kier molecular flexibility index (Phi) is 7.20. The van der Waals surface area contributed by atoms with E-state index in [4.69, 9.17) is 16.0 Å². The first-order chi connectivity index (χ1) is 13.5. The summed E-state index contributed by atoms with van der Waals surface area (Å²) in [5.74, 6) is 1.64. The molecule has 0 unspecified atom stereocenters. The molecule has 3 rings (SSSR count). The average molecular weight is 416 g/mol. The second kappa shape index (κ2) is 9.82. The van der Waals surface area contributed by atoms with Crippen LogP contribution in [0.4, 0.5) is 0 Å². The van der Waals surface area contributed by atoms with Gasteiger partial charge in [-0.05, 0) is 54.1 Å². The molecule has 1 amide bonds. The standard InChI is InChI=1S/C22H23ClN2O2S/c1-25(2)20(21-4-3-13-27-21)14-24-22(26)17-7-5-16(6-8-17)15-28-19-11-9-18(23)10-12-19/h3-13,20H,14-15H2,1-2H3,(H,24,26)/p+1/t20-/m0/s1. The molecule has 0 aliphatic carbocycles. The predicted molar refractivity (Wildman–Crippen MR) is 114 cm³/mol. The van der Waals surface area contributed by atoms with Crippen molar-refractivity contribution in [3.8, 4) is 0 Å². The lowest BCUT2D eigenvalue weighted by atomic mass is 10.1. The van der Waals surface area contributed by atoms with E-state index < -0.39 is 0 Å². The van der Waals surface area contributed by atoms with Gasteiger partial charge in [0.25, 0.3) is 5.91 Å². The molecule has 0 saturated carbocycles. The van der Waals surface area contributed by atoms with E-state index in [9.17, 15) is 4.79 Å². The summed E-state index contributed by atoms with van der Waals surface area (Å²) in [5.41, 5.74) is 1.83. The molecule has 146 valence electrons. The molecule has 0 aliphatic heterocycles. The highest BCUT2D eigenvalue weighted by Crippen LogP contribution is 2.24. The Balaban J connectivity index is 1.53. The topological polar surface area (TPSA) is 46.7 Å². The van der Waals surface area contributed by atoms with Crippen molar-refractivity contribution < 1.29 is 14.1 Å². The van der Waals surface area contributed by atoms with Gasteiger partial charge in [-0.3, -0.25) is 4.79 Å². The van der Waals surface area contributed by atoms with E-state index in [2.05, 4.69) is 5.32 Å². The van der Waals surface area contributed by atoms with Crippen LogP contribution in [-0.2, 0) is 5.75 Å². The summed E-state index contributed by atoms with van der Waals surface area (Å²) >= 11 is 7.65. The van der Waals surface area contributed by atoms with Crippen LogP contribution >= 0.6 is 23.4 Å². The molecule has 0 radical (unpaired) electrons. The van der Waals surface area contributed by atoms with Gasteiger partial charge >= 0.3 is 0 Å². The first kappa shape index (κ1) is 20.5. The number of furan rings is 1. The van der Waals surface area contributed by atoms with Crippen molar-refractivity contribution in [3.05, 3.63) is 88.8 Å². The van der Waals surface area contributed by atoms with E-state index in [1.54, 1.807) is 18.0 Å². The summed E-state index contributed by atoms with van der Waals surface area (Å²) < 4.78 is 5.50. The van der Waals surface area contributed by atoms with Crippen molar-refractivity contribution in [2.75, 3.05) is 20.6 Å². The number of carbonyl (C=O) groups excluding carboxylic acids is 1. The quantitative estimate of drug-likeness (QED) is 0.549. The predicted octanol–water partition coefficient (Wildman–Crippen LogP) is 3.84. The highest BCUT2D eigenvalue weighted by atomic mass is 35.5. The zero-order chi connectivity index (χ0) is 19.9. The molecule has 2 aromatic carbocycles. The maximum Gasteiger partial charge on any atom is 0.251 e. The fraction of sp³-hybridized carbons (Fsp3) is 0.227. The van der Waals surface area contributed by atoms with E-state index >= 15 is 0 Å². The Morgan fingerprint density at radius 3 is 2.43 bits per heavy atom. The van der Waals surface area contributed by atoms with Crippen LogP contribution in [-0.4, -0.2) is 26.5 Å². The Hall–Kier alpha value is -2.21. The minimum atomic E-state index is -0.0743. The van der Waals surface area contributed by atoms with Gasteiger partial charge in [0.1, 0.15) is 0 Å². The highest BCUT2D eigenvalue weighted by Gasteiger charge is 2.21. The lowest BCUT2D eigenvalue weighted by Gasteiger charge is -2.19. The van der Waals surface area contributed by atoms with E-state index in [1.807, 2.05) is 74.8 Å². The number of halogens is 1. The fourth-order valence-corrected chi connectivity index (χ4v) is 3.81. The molecule has 6 heteroatoms. The molecule has 0 spiro atoms. The molecule has 3 aromatic rings. The van der Waals surface area contributed by atoms with Crippen molar-refractivity contribution in [3.63, 3.8) is 0 Å². The number of likely N-dealkylation sites (N-methyl/N-ethyl adjacent to an activating group) is 1. The van der Waals surface area contributed by atoms with Gasteiger partial charge in [0.2, 0.25) is 0 Å². The molecule has 0 saturated heterocycles. The maximum atomic E-state index is 12.5. The highest BCUT2D eigenvalue weighted by molar-refractivity contribution is 7.98. The number of amides is 1. The Morgan fingerprint density at radius 1 is 1.11 bits per heavy atom. The second-order valence-corrected chi connectivity index (χ2v) is 8.28. The summed E-state index contributed by atoms with van der Waals surface area (Å²) in [6, 6.07) is 19.4. The number of quaternary nitrogens is 1. The summed E-state index contributed by atoms with van der Waals surface area (Å²) in [5, 5.41) is 3.75. The molecule has 0 fully saturated rings. The van der Waals surface area contributed by atoms with Gasteiger partial charge in [0.05, 0.1) is 26.9 Å². The second-order valence-electron chi connectivity index (χ2n) is 6.79. The normalized spacial score (nSPS) is 12.1. The van der Waals surface area contributed by atoms with Crippen LogP contribution in [0.25, 0.3) is 0 Å². The molecule has 4 nitrogen and oxygen atoms in total. The molecule has 0 aliphatic rings. The molecular formula is C22H24ClN2O2S+. The number of nitrogens with one attached hydrogen (secondary N) is 2. The number of rotatable bonds is 8. The van der Waals surface area contributed by atoms with Crippen LogP contribution in [0.15, 0.2) is 76.2 Å². The third-order valence-corrected chi connectivity index (χ3v) is 5.82. The van der Waals surface area contributed by atoms with Gasteiger partial charge < -0.3 is 14.6 Å². The molecular weight excluding hydrogens is 392 g/mol. The lowest BCUT2D eigenvalue weighted by molar-refractivity contribution is -0.891. The number of benzene rings is 2. The summed E-state index contributed by atoms with van der Waals surface area (Å²) in [6.45, 7) is 0.517. The molecule has 1 atom stereocenters. The minimum Gasteiger partial charge on any atom is -0.463 e. The van der Waals surface area contributed by atoms with Crippen molar-refractivity contribution in [2.24, 2.45) is 0 Å². The smallest absolute Gasteiger partial charge is 0.251 e. The Bertz CT molecular complexity index is 878. The van der Waals surface area contributed by atoms with Crippen molar-refractivity contribution >= 4 is 29.3 Å². The van der Waals surface area contributed by atoms with Crippen LogP contribution in [0.1, 0.15) is 27.7 Å². The lowest BCUT2D eigenvalue weighted by Crippen LogP contribution is -3.07. The SMILES string of the molecule is C[NH+](C)[C@@H](CNC(=O)c1ccc(CSc2ccc(Cl)cc2)cc1)c1ccco1. The van der Waals surface area contributed by atoms with Gasteiger partial charge in [-0.25, -0.2) is 0 Å². The summed E-state index contributed by atoms with van der Waals surface area (Å²) in [7, 11) is 4.10. The maximum absolute atomic E-state index is 12.5. The number of thioether (sulfide) groups is 1. The monoisotopic (exact) mass is 415 g/mol. The van der Waals surface area contributed by atoms with Gasteiger partial charge in [-0.15, -0.1) is 11.8 Å². The van der Waals surface area contributed by atoms with Gasteiger partial charge in [0, 0.05) is 21.2 Å². The number of hydrogen-bond acceptors (Lipinski definition) is 3. The fourth-order valence-electron chi connectivity index (χ4n) is 2.83. The number of hydrogen-bond donors (Lipinski definition) is 2. The van der Waals surface area contributed by atoms with Gasteiger partial charge in [-0.2, -0.15) is 0 Å². The van der Waals surface area contributed by atoms with Gasteiger partial charge in [0.15, 0.2) is 11.8 Å². The van der Waals surface area contributed by atoms with Crippen molar-refractivity contribution in [1.29, 1.82) is 0 Å². The van der Waals surface area contributed by atoms with Crippen LogP contribution in [0.2, 0.25) is 5.02 Å². The molecule has 2 N–H and O–H groups in total. The Labute approximate surface area is 174 Å². The van der Waals surface area contributed by atoms with Crippen LogP contribution in [0, 0.1) is 0 Å². The largest absolute Gasteiger partial charge is 0.463 e. The zero-order valence-corrected chi connectivity index (χ0v) is 17.5. The molecule has 1 heterocycles. The van der Waals surface area contributed by atoms with Crippen LogP contribution in [0.5, 0.6) is 0 Å². The van der Waals surface area contributed by atoms with Crippen molar-refractivity contribution in [2.45, 2.75) is 16.7 Å². The number of carbonyl (C=O) groups is 1. The van der Waals surface area contributed by atoms with E-state index in [-0.39, 0.29) is 11.9 Å². The first-order valence-electron chi connectivity index (χ1n) is 9.12. The van der Waals surface area contributed by atoms with Crippen LogP contribution < -0.4 is 10.2 Å². The minimum absolute atomic E-state index is 0.0743. The van der Waals surface area contributed by atoms with E-state index in [0.717, 1.165) is 16.5 Å². The third kappa shape index (κ3) is 5.64. The van der Waals surface area contributed by atoms with Gasteiger partial charge in [-0.1, -0.05) is 23.7 Å². The average Bonchev–Trinajstić information content (AvgIpc) is 3.22. The molecule has 28 heavy (non-hydrogen) atoms. The molecule has 0 bridgehead atoms. The van der Waals surface area contributed by atoms with E-state index in [1.165, 1.54) is 15.4 Å². The summed E-state index contributed by atoms with van der Waals surface area (Å²) in [6.07, 6.45) is 1.66. The first-order valence-corrected chi connectivity index (χ1v) is 10.5.